The highest BCUT2D eigenvalue weighted by molar-refractivity contribution is 7.09. The third kappa shape index (κ3) is 4.60. The van der Waals surface area contributed by atoms with Crippen molar-refractivity contribution in [2.75, 3.05) is 0 Å². The van der Waals surface area contributed by atoms with Gasteiger partial charge >= 0.3 is 0 Å². The molecule has 0 aliphatic heterocycles. The zero-order valence-electron chi connectivity index (χ0n) is 25.3. The minimum Gasteiger partial charge on any atom is -0.456 e. The smallest absolute Gasteiger partial charge is 0.136 e. The highest BCUT2D eigenvalue weighted by Crippen LogP contribution is 2.46. The molecule has 0 N–H and O–H groups in total. The Bertz CT molecular complexity index is 2350. The molecule has 0 aliphatic carbocycles. The molecule has 48 heavy (non-hydrogen) atoms. The molecule has 0 atom stereocenters. The minimum absolute atomic E-state index is 0.872. The second kappa shape index (κ2) is 11.1. The first-order chi connectivity index (χ1) is 23.7. The third-order valence-corrected chi connectivity index (χ3v) is 11.2. The molecule has 0 saturated carbocycles. The van der Waals surface area contributed by atoms with Gasteiger partial charge in [0.25, 0.3) is 0 Å². The van der Waals surface area contributed by atoms with E-state index in [9.17, 15) is 0 Å². The topological polar surface area (TPSA) is 39.4 Å². The fraction of sp³-hybridized carbons (Fsp3) is 0. The summed E-state index contributed by atoms with van der Waals surface area (Å²) < 4.78 is 19.1. The second-order valence-corrected chi connectivity index (χ2v) is 14.1. The van der Waals surface area contributed by atoms with Crippen molar-refractivity contribution in [3.63, 3.8) is 0 Å². The quantitative estimate of drug-likeness (QED) is 0.176. The molecule has 4 aromatic carbocycles. The van der Waals surface area contributed by atoms with Crippen LogP contribution in [0.2, 0.25) is 0 Å². The number of hydrogen-bond acceptors (Lipinski definition) is 6. The molecule has 0 saturated heterocycles. The van der Waals surface area contributed by atoms with Crippen molar-refractivity contribution in [2.24, 2.45) is 0 Å². The Hall–Kier alpha value is -5.40. The molecular weight excluding hydrogens is 649 g/mol. The summed E-state index contributed by atoms with van der Waals surface area (Å²) in [6, 6.07) is 37.9. The standard InChI is InChI=1S/C42H24O3S3/c1-4-10-37-25(7-1)16-40(43-37)34-22-46-19-31(34)28-13-29(32-20-47-23-35(32)41-17-26-8-2-5-11-38(26)44-41)15-30(14-28)33-21-48-24-36(33)42-18-27-9-3-6-12-39(27)45-42/h1-24H. The number of fused-ring (bicyclic) bond motifs is 3. The zero-order chi connectivity index (χ0) is 31.6. The van der Waals surface area contributed by atoms with Crippen molar-refractivity contribution in [1.82, 2.24) is 0 Å². The van der Waals surface area contributed by atoms with Crippen LogP contribution in [0.3, 0.4) is 0 Å². The summed E-state index contributed by atoms with van der Waals surface area (Å²) in [6.07, 6.45) is 0. The number of hydrogen-bond donors (Lipinski definition) is 0. The summed E-state index contributed by atoms with van der Waals surface area (Å²) in [5.74, 6) is 2.61. The second-order valence-electron chi connectivity index (χ2n) is 11.8. The molecule has 6 aromatic heterocycles. The van der Waals surface area contributed by atoms with Crippen molar-refractivity contribution in [2.45, 2.75) is 0 Å². The largest absolute Gasteiger partial charge is 0.456 e. The Morgan fingerprint density at radius 3 is 0.917 bits per heavy atom. The lowest BCUT2D eigenvalue weighted by atomic mass is 9.91. The van der Waals surface area contributed by atoms with Crippen molar-refractivity contribution >= 4 is 66.9 Å². The Morgan fingerprint density at radius 2 is 0.604 bits per heavy atom. The monoisotopic (exact) mass is 672 g/mol. The highest BCUT2D eigenvalue weighted by atomic mass is 32.1. The number of benzene rings is 4. The molecule has 228 valence electrons. The van der Waals surface area contributed by atoms with Crippen LogP contribution >= 0.6 is 34.0 Å². The zero-order valence-corrected chi connectivity index (χ0v) is 27.8. The lowest BCUT2D eigenvalue weighted by molar-refractivity contribution is 0.632. The maximum atomic E-state index is 6.38. The molecule has 0 radical (unpaired) electrons. The van der Waals surface area contributed by atoms with Gasteiger partial charge < -0.3 is 13.3 Å². The third-order valence-electron chi connectivity index (χ3n) is 8.92. The summed E-state index contributed by atoms with van der Waals surface area (Å²) in [5.41, 5.74) is 12.7. The van der Waals surface area contributed by atoms with Crippen LogP contribution in [0.4, 0.5) is 0 Å². The van der Waals surface area contributed by atoms with E-state index in [4.69, 9.17) is 13.3 Å². The number of thiophene rings is 3. The van der Waals surface area contributed by atoms with Gasteiger partial charge in [0, 0.05) is 65.7 Å². The Labute approximate surface area is 287 Å². The maximum absolute atomic E-state index is 6.38. The van der Waals surface area contributed by atoms with E-state index in [1.807, 2.05) is 54.6 Å². The average Bonchev–Trinajstić information content (AvgIpc) is 3.97. The molecule has 3 nitrogen and oxygen atoms in total. The van der Waals surface area contributed by atoms with Gasteiger partial charge in [-0.05, 0) is 87.4 Å². The van der Waals surface area contributed by atoms with Gasteiger partial charge in [-0.15, -0.1) is 0 Å². The SMILES string of the molecule is c1ccc2oc(-c3cscc3-c3cc(-c4cscc4-c4cc5ccccc5o4)cc(-c4cscc4-c4cc5ccccc5o4)c3)cc2c1. The van der Waals surface area contributed by atoms with Gasteiger partial charge in [-0.2, -0.15) is 34.0 Å². The van der Waals surface area contributed by atoms with Crippen molar-refractivity contribution in [3.8, 4) is 67.4 Å². The molecule has 0 unspecified atom stereocenters. The van der Waals surface area contributed by atoms with E-state index in [0.29, 0.717) is 0 Å². The van der Waals surface area contributed by atoms with Crippen LogP contribution in [0.25, 0.3) is 100 Å². The molecule has 0 fully saturated rings. The lowest BCUT2D eigenvalue weighted by Gasteiger charge is -2.12. The maximum Gasteiger partial charge on any atom is 0.136 e. The van der Waals surface area contributed by atoms with E-state index in [2.05, 4.69) is 86.9 Å². The summed E-state index contributed by atoms with van der Waals surface area (Å²) in [4.78, 5) is 0. The lowest BCUT2D eigenvalue weighted by Crippen LogP contribution is -1.87. The van der Waals surface area contributed by atoms with E-state index in [1.54, 1.807) is 34.0 Å². The molecular formula is C42H24O3S3. The summed E-state index contributed by atoms with van der Waals surface area (Å²) in [6.45, 7) is 0. The molecule has 10 aromatic rings. The minimum atomic E-state index is 0.872. The Kier molecular flexibility index (Phi) is 6.40. The molecule has 0 bridgehead atoms. The van der Waals surface area contributed by atoms with E-state index in [1.165, 1.54) is 0 Å². The molecule has 6 heterocycles. The van der Waals surface area contributed by atoms with E-state index < -0.39 is 0 Å². The van der Waals surface area contributed by atoms with E-state index >= 15 is 0 Å². The van der Waals surface area contributed by atoms with Crippen LogP contribution in [0, 0.1) is 0 Å². The number of rotatable bonds is 6. The predicted molar refractivity (Wildman–Crippen MR) is 202 cm³/mol. The Morgan fingerprint density at radius 1 is 0.312 bits per heavy atom. The number of para-hydroxylation sites is 3. The van der Waals surface area contributed by atoms with Crippen molar-refractivity contribution < 1.29 is 13.3 Å². The average molecular weight is 673 g/mol. The first kappa shape index (κ1) is 27.7. The van der Waals surface area contributed by atoms with E-state index in [-0.39, 0.29) is 0 Å². The van der Waals surface area contributed by atoms with Crippen LogP contribution in [-0.4, -0.2) is 0 Å². The van der Waals surface area contributed by atoms with Crippen LogP contribution in [-0.2, 0) is 0 Å². The first-order valence-corrected chi connectivity index (χ1v) is 18.4. The van der Waals surface area contributed by atoms with Gasteiger partial charge in [-0.25, -0.2) is 0 Å². The predicted octanol–water partition coefficient (Wildman–Crippen LogP) is 14.1. The highest BCUT2D eigenvalue weighted by Gasteiger charge is 2.20. The summed E-state index contributed by atoms with van der Waals surface area (Å²) >= 11 is 5.07. The molecule has 0 amide bonds. The van der Waals surface area contributed by atoms with Crippen molar-refractivity contribution in [3.05, 3.63) is 141 Å². The van der Waals surface area contributed by atoms with Gasteiger partial charge in [0.15, 0.2) is 0 Å². The Balaban J connectivity index is 1.17. The van der Waals surface area contributed by atoms with E-state index in [0.717, 1.165) is 100 Å². The molecule has 10 rings (SSSR count). The van der Waals surface area contributed by atoms with Crippen LogP contribution < -0.4 is 0 Å². The fourth-order valence-electron chi connectivity index (χ4n) is 6.57. The van der Waals surface area contributed by atoms with Gasteiger partial charge in [0.2, 0.25) is 0 Å². The first-order valence-electron chi connectivity index (χ1n) is 15.6. The van der Waals surface area contributed by atoms with Crippen molar-refractivity contribution in [1.29, 1.82) is 0 Å². The summed E-state index contributed by atoms with van der Waals surface area (Å²) in [5, 5.41) is 16.5. The van der Waals surface area contributed by atoms with Crippen LogP contribution in [0.5, 0.6) is 0 Å². The van der Waals surface area contributed by atoms with Gasteiger partial charge in [-0.3, -0.25) is 0 Å². The van der Waals surface area contributed by atoms with Crippen LogP contribution in [0.1, 0.15) is 0 Å². The molecule has 0 spiro atoms. The van der Waals surface area contributed by atoms with Gasteiger partial charge in [0.05, 0.1) is 0 Å². The molecule has 0 aliphatic rings. The van der Waals surface area contributed by atoms with Gasteiger partial charge in [-0.1, -0.05) is 54.6 Å². The molecule has 6 heteroatoms. The van der Waals surface area contributed by atoms with Gasteiger partial charge in [0.1, 0.15) is 34.0 Å². The van der Waals surface area contributed by atoms with Crippen LogP contribution in [0.15, 0.2) is 155 Å². The fourth-order valence-corrected chi connectivity index (χ4v) is 9.11. The summed E-state index contributed by atoms with van der Waals surface area (Å²) in [7, 11) is 0. The number of furan rings is 3. The normalized spacial score (nSPS) is 11.8.